The van der Waals surface area contributed by atoms with Crippen molar-refractivity contribution in [3.05, 3.63) is 24.2 Å². The van der Waals surface area contributed by atoms with Crippen molar-refractivity contribution in [2.24, 2.45) is 5.92 Å². The molecule has 7 heteroatoms. The summed E-state index contributed by atoms with van der Waals surface area (Å²) in [6.45, 7) is 0. The van der Waals surface area contributed by atoms with Gasteiger partial charge in [-0.25, -0.2) is 17.9 Å². The molecule has 1 aliphatic rings. The van der Waals surface area contributed by atoms with Crippen LogP contribution in [-0.2, 0) is 16.3 Å². The Morgan fingerprint density at radius 2 is 2.11 bits per heavy atom. The van der Waals surface area contributed by atoms with Crippen molar-refractivity contribution in [1.29, 1.82) is 0 Å². The average Bonchev–Trinajstić information content (AvgIpc) is 2.76. The van der Waals surface area contributed by atoms with Gasteiger partial charge in [-0.3, -0.25) is 0 Å². The van der Waals surface area contributed by atoms with Crippen LogP contribution in [0.25, 0.3) is 5.65 Å². The minimum atomic E-state index is -2.83. The second-order valence-electron chi connectivity index (χ2n) is 4.99. The molecule has 0 unspecified atom stereocenters. The van der Waals surface area contributed by atoms with Gasteiger partial charge in [-0.15, -0.1) is 0 Å². The van der Waals surface area contributed by atoms with Crippen LogP contribution >= 0.6 is 0 Å². The number of nitrogens with zero attached hydrogens (tertiary/aromatic N) is 3. The first-order valence-electron chi connectivity index (χ1n) is 6.27. The van der Waals surface area contributed by atoms with Gasteiger partial charge in [0.25, 0.3) is 0 Å². The zero-order valence-corrected chi connectivity index (χ0v) is 11.2. The summed E-state index contributed by atoms with van der Waals surface area (Å²) >= 11 is 0. The van der Waals surface area contributed by atoms with E-state index in [-0.39, 0.29) is 17.3 Å². The van der Waals surface area contributed by atoms with Gasteiger partial charge in [-0.05, 0) is 30.9 Å². The molecule has 0 bridgehead atoms. The molecule has 2 aromatic heterocycles. The van der Waals surface area contributed by atoms with E-state index in [1.165, 1.54) is 0 Å². The summed E-state index contributed by atoms with van der Waals surface area (Å²) in [6.07, 6.45) is 3.74. The minimum Gasteiger partial charge on any atom is -0.504 e. The van der Waals surface area contributed by atoms with Gasteiger partial charge in [0, 0.05) is 12.6 Å². The molecule has 0 aromatic carbocycles. The van der Waals surface area contributed by atoms with Crippen LogP contribution in [0, 0.1) is 5.92 Å². The van der Waals surface area contributed by atoms with E-state index < -0.39 is 9.84 Å². The maximum atomic E-state index is 11.4. The molecule has 0 amide bonds. The van der Waals surface area contributed by atoms with Crippen LogP contribution in [0.3, 0.4) is 0 Å². The fourth-order valence-electron chi connectivity index (χ4n) is 2.42. The highest BCUT2D eigenvalue weighted by Crippen LogP contribution is 2.23. The Hall–Kier alpha value is -1.63. The van der Waals surface area contributed by atoms with Crippen LogP contribution in [0.15, 0.2) is 18.3 Å². The lowest BCUT2D eigenvalue weighted by Crippen LogP contribution is -2.24. The summed E-state index contributed by atoms with van der Waals surface area (Å²) in [5.41, 5.74) is 0.445. The van der Waals surface area contributed by atoms with Crippen LogP contribution in [0.5, 0.6) is 5.75 Å². The Morgan fingerprint density at radius 1 is 1.37 bits per heavy atom. The van der Waals surface area contributed by atoms with E-state index >= 15 is 0 Å². The van der Waals surface area contributed by atoms with Crippen LogP contribution in [0.4, 0.5) is 0 Å². The van der Waals surface area contributed by atoms with Crippen molar-refractivity contribution in [2.45, 2.75) is 19.3 Å². The molecule has 6 nitrogen and oxygen atoms in total. The third-order valence-corrected chi connectivity index (χ3v) is 5.25. The van der Waals surface area contributed by atoms with Gasteiger partial charge < -0.3 is 5.11 Å². The third-order valence-electron chi connectivity index (χ3n) is 3.53. The highest BCUT2D eigenvalue weighted by molar-refractivity contribution is 7.91. The number of fused-ring (bicyclic) bond motifs is 1. The molecule has 19 heavy (non-hydrogen) atoms. The number of hydrogen-bond acceptors (Lipinski definition) is 5. The molecule has 1 aliphatic heterocycles. The Balaban J connectivity index is 1.77. The van der Waals surface area contributed by atoms with Gasteiger partial charge in [0.05, 0.1) is 11.5 Å². The smallest absolute Gasteiger partial charge is 0.197 e. The molecule has 0 atom stereocenters. The first kappa shape index (κ1) is 12.4. The normalized spacial score (nSPS) is 19.8. The molecule has 0 aliphatic carbocycles. The summed E-state index contributed by atoms with van der Waals surface area (Å²) in [6, 6.07) is 3.27. The lowest BCUT2D eigenvalue weighted by Gasteiger charge is -2.20. The van der Waals surface area contributed by atoms with Gasteiger partial charge in [0.15, 0.2) is 17.2 Å². The van der Waals surface area contributed by atoms with Gasteiger partial charge in [0.1, 0.15) is 9.84 Å². The maximum Gasteiger partial charge on any atom is 0.197 e. The quantitative estimate of drug-likeness (QED) is 0.880. The van der Waals surface area contributed by atoms with Gasteiger partial charge in [-0.1, -0.05) is 0 Å². The highest BCUT2D eigenvalue weighted by Gasteiger charge is 2.24. The number of pyridine rings is 1. The van der Waals surface area contributed by atoms with Gasteiger partial charge in [-0.2, -0.15) is 5.10 Å². The van der Waals surface area contributed by atoms with Crippen molar-refractivity contribution >= 4 is 15.5 Å². The summed E-state index contributed by atoms with van der Waals surface area (Å²) in [5, 5.41) is 14.0. The van der Waals surface area contributed by atoms with E-state index in [1.807, 2.05) is 0 Å². The molecular weight excluding hydrogens is 266 g/mol. The topological polar surface area (TPSA) is 84.6 Å². The van der Waals surface area contributed by atoms with E-state index in [4.69, 9.17) is 0 Å². The zero-order chi connectivity index (χ0) is 13.5. The van der Waals surface area contributed by atoms with Crippen molar-refractivity contribution in [3.63, 3.8) is 0 Å². The summed E-state index contributed by atoms with van der Waals surface area (Å²) < 4.78 is 24.3. The van der Waals surface area contributed by atoms with Crippen LogP contribution in [0.2, 0.25) is 0 Å². The lowest BCUT2D eigenvalue weighted by atomic mass is 9.99. The summed E-state index contributed by atoms with van der Waals surface area (Å²) in [5.74, 6) is 1.59. The Morgan fingerprint density at radius 3 is 2.79 bits per heavy atom. The average molecular weight is 281 g/mol. The van der Waals surface area contributed by atoms with Gasteiger partial charge >= 0.3 is 0 Å². The monoisotopic (exact) mass is 281 g/mol. The van der Waals surface area contributed by atoms with Crippen molar-refractivity contribution in [1.82, 2.24) is 14.6 Å². The fraction of sp³-hybridized carbons (Fsp3) is 0.500. The standard InChI is InChI=1S/C12H15N3O3S/c16-10-2-1-5-15-12(10)13-11(14-15)8-9-3-6-19(17,18)7-4-9/h1-2,5,9,16H,3-4,6-8H2. The van der Waals surface area contributed by atoms with Crippen molar-refractivity contribution < 1.29 is 13.5 Å². The first-order valence-corrected chi connectivity index (χ1v) is 8.09. The molecule has 3 rings (SSSR count). The molecule has 102 valence electrons. The minimum absolute atomic E-state index is 0.104. The number of rotatable bonds is 2. The Bertz CT molecular complexity index is 694. The molecule has 1 N–H and O–H groups in total. The number of aromatic nitrogens is 3. The number of hydrogen-bond donors (Lipinski definition) is 1. The first-order chi connectivity index (χ1) is 9.03. The number of sulfone groups is 1. The highest BCUT2D eigenvalue weighted by atomic mass is 32.2. The van der Waals surface area contributed by atoms with Crippen LogP contribution in [-0.4, -0.2) is 39.6 Å². The van der Waals surface area contributed by atoms with E-state index in [1.54, 1.807) is 22.8 Å². The molecule has 2 aromatic rings. The third kappa shape index (κ3) is 2.56. The van der Waals surface area contributed by atoms with E-state index in [9.17, 15) is 13.5 Å². The molecule has 1 fully saturated rings. The second kappa shape index (κ2) is 4.48. The van der Waals surface area contributed by atoms with Crippen LogP contribution < -0.4 is 0 Å². The lowest BCUT2D eigenvalue weighted by molar-refractivity contribution is 0.454. The van der Waals surface area contributed by atoms with E-state index in [2.05, 4.69) is 10.1 Å². The SMILES string of the molecule is O=S1(=O)CCC(Cc2nc3c(O)cccn3n2)CC1. The number of aromatic hydroxyl groups is 1. The molecular formula is C12H15N3O3S. The predicted molar refractivity (Wildman–Crippen MR) is 69.7 cm³/mol. The Labute approximate surface area is 111 Å². The van der Waals surface area contributed by atoms with Crippen LogP contribution in [0.1, 0.15) is 18.7 Å². The summed E-state index contributed by atoms with van der Waals surface area (Å²) in [7, 11) is -2.83. The Kier molecular flexibility index (Phi) is 2.93. The maximum absolute atomic E-state index is 11.4. The fourth-order valence-corrected chi connectivity index (χ4v) is 4.01. The summed E-state index contributed by atoms with van der Waals surface area (Å²) in [4.78, 5) is 4.30. The molecule has 3 heterocycles. The second-order valence-corrected chi connectivity index (χ2v) is 7.29. The van der Waals surface area contributed by atoms with E-state index in [0.717, 1.165) is 0 Å². The van der Waals surface area contributed by atoms with Gasteiger partial charge in [0.2, 0.25) is 0 Å². The largest absolute Gasteiger partial charge is 0.504 e. The molecule has 0 saturated carbocycles. The molecule has 0 radical (unpaired) electrons. The molecule has 1 saturated heterocycles. The molecule has 0 spiro atoms. The van der Waals surface area contributed by atoms with Crippen molar-refractivity contribution in [2.75, 3.05) is 11.5 Å². The van der Waals surface area contributed by atoms with Crippen molar-refractivity contribution in [3.8, 4) is 5.75 Å². The zero-order valence-electron chi connectivity index (χ0n) is 10.4. The van der Waals surface area contributed by atoms with E-state index in [0.29, 0.717) is 36.7 Å². The predicted octanol–water partition coefficient (Wildman–Crippen LogP) is 0.802.